The average molecular weight is 474 g/mol. The van der Waals surface area contributed by atoms with E-state index in [9.17, 15) is 0 Å². The van der Waals surface area contributed by atoms with Gasteiger partial charge < -0.3 is 20.3 Å². The van der Waals surface area contributed by atoms with Gasteiger partial charge in [-0.3, -0.25) is 4.99 Å². The number of nitrogens with zero attached hydrogens (tertiary/aromatic N) is 2. The number of rotatable bonds is 6. The predicted octanol–water partition coefficient (Wildman–Crippen LogP) is 3.80. The number of fused-ring (bicyclic) bond motifs is 1. The van der Waals surface area contributed by atoms with Crippen LogP contribution in [0, 0.1) is 0 Å². The summed E-state index contributed by atoms with van der Waals surface area (Å²) in [6.07, 6.45) is 0.903. The van der Waals surface area contributed by atoms with E-state index < -0.39 is 0 Å². The number of hydrogen-bond donors (Lipinski definition) is 2. The van der Waals surface area contributed by atoms with Gasteiger partial charge in [0.05, 0.1) is 12.6 Å². The fourth-order valence-electron chi connectivity index (χ4n) is 2.99. The maximum Gasteiger partial charge on any atom is 0.191 e. The van der Waals surface area contributed by atoms with Gasteiger partial charge in [0.25, 0.3) is 0 Å². The van der Waals surface area contributed by atoms with Crippen molar-refractivity contribution in [1.82, 2.24) is 15.5 Å². The largest absolute Gasteiger partial charge is 0.487 e. The maximum atomic E-state index is 6.12. The summed E-state index contributed by atoms with van der Waals surface area (Å²) in [5.41, 5.74) is 1.01. The first-order valence-electron chi connectivity index (χ1n) is 9.35. The summed E-state index contributed by atoms with van der Waals surface area (Å²) in [5.74, 6) is 1.84. The van der Waals surface area contributed by atoms with Crippen LogP contribution in [0.5, 0.6) is 5.75 Å². The van der Waals surface area contributed by atoms with E-state index in [-0.39, 0.29) is 35.6 Å². The molecule has 26 heavy (non-hydrogen) atoms. The SMILES string of the molecule is CCNC(=NCCN(C)C(C)C)NC1CC(C)(C)Oc2ccccc21.I. The van der Waals surface area contributed by atoms with Gasteiger partial charge in [-0.25, -0.2) is 0 Å². The Balaban J connectivity index is 0.00000338. The molecular weight excluding hydrogens is 439 g/mol. The van der Waals surface area contributed by atoms with Crippen LogP contribution in [0.1, 0.15) is 52.6 Å². The Kier molecular flexibility index (Phi) is 9.16. The molecule has 0 aliphatic carbocycles. The Hall–Kier alpha value is -1.02. The van der Waals surface area contributed by atoms with Crippen molar-refractivity contribution in [1.29, 1.82) is 0 Å². The fourth-order valence-corrected chi connectivity index (χ4v) is 2.99. The highest BCUT2D eigenvalue weighted by Crippen LogP contribution is 2.39. The molecule has 0 spiro atoms. The summed E-state index contributed by atoms with van der Waals surface area (Å²) in [7, 11) is 2.14. The van der Waals surface area contributed by atoms with Crippen LogP contribution in [-0.4, -0.2) is 49.2 Å². The number of likely N-dealkylation sites (N-methyl/N-ethyl adjacent to an activating group) is 1. The predicted molar refractivity (Wildman–Crippen MR) is 121 cm³/mol. The number of nitrogens with one attached hydrogen (secondary N) is 2. The molecule has 2 N–H and O–H groups in total. The summed E-state index contributed by atoms with van der Waals surface area (Å²) in [5, 5.41) is 6.98. The normalized spacial score (nSPS) is 18.8. The standard InChI is InChI=1S/C20H34N4O.HI/c1-7-21-19(22-12-13-24(6)15(2)3)23-17-14-20(4,5)25-18-11-9-8-10-16(17)18;/h8-11,15,17H,7,12-14H2,1-6H3,(H2,21,22,23);1H. The minimum absolute atomic E-state index is 0. The Labute approximate surface area is 176 Å². The van der Waals surface area contributed by atoms with Crippen LogP contribution in [0.15, 0.2) is 29.3 Å². The smallest absolute Gasteiger partial charge is 0.191 e. The fraction of sp³-hybridized carbons (Fsp3) is 0.650. The topological polar surface area (TPSA) is 48.9 Å². The second kappa shape index (κ2) is 10.3. The van der Waals surface area contributed by atoms with Gasteiger partial charge in [-0.05, 0) is 47.7 Å². The van der Waals surface area contributed by atoms with Crippen molar-refractivity contribution in [2.24, 2.45) is 4.99 Å². The zero-order valence-electron chi connectivity index (χ0n) is 17.0. The van der Waals surface area contributed by atoms with Gasteiger partial charge in [0.15, 0.2) is 5.96 Å². The molecule has 1 unspecified atom stereocenters. The summed E-state index contributed by atoms with van der Waals surface area (Å²) in [6.45, 7) is 13.3. The van der Waals surface area contributed by atoms with Gasteiger partial charge in [0, 0.05) is 31.1 Å². The lowest BCUT2D eigenvalue weighted by Crippen LogP contribution is -2.45. The Morgan fingerprint density at radius 2 is 2.04 bits per heavy atom. The molecule has 2 rings (SSSR count). The molecule has 0 fully saturated rings. The zero-order valence-corrected chi connectivity index (χ0v) is 19.3. The highest BCUT2D eigenvalue weighted by Gasteiger charge is 2.33. The first kappa shape index (κ1) is 23.0. The highest BCUT2D eigenvalue weighted by molar-refractivity contribution is 14.0. The van der Waals surface area contributed by atoms with E-state index >= 15 is 0 Å². The number of hydrogen-bond acceptors (Lipinski definition) is 3. The second-order valence-electron chi connectivity index (χ2n) is 7.64. The summed E-state index contributed by atoms with van der Waals surface area (Å²) >= 11 is 0. The molecule has 0 bridgehead atoms. The molecular formula is C20H35IN4O. The van der Waals surface area contributed by atoms with Crippen LogP contribution in [0.4, 0.5) is 0 Å². The molecule has 148 valence electrons. The Morgan fingerprint density at radius 1 is 1.35 bits per heavy atom. The second-order valence-corrected chi connectivity index (χ2v) is 7.64. The highest BCUT2D eigenvalue weighted by atomic mass is 127. The van der Waals surface area contributed by atoms with Crippen molar-refractivity contribution in [3.63, 3.8) is 0 Å². The van der Waals surface area contributed by atoms with Crippen LogP contribution in [0.25, 0.3) is 0 Å². The van der Waals surface area contributed by atoms with E-state index in [2.05, 4.69) is 69.3 Å². The van der Waals surface area contributed by atoms with Crippen LogP contribution in [0.2, 0.25) is 0 Å². The van der Waals surface area contributed by atoms with E-state index in [1.165, 1.54) is 5.56 Å². The van der Waals surface area contributed by atoms with Crippen LogP contribution < -0.4 is 15.4 Å². The molecule has 1 aliphatic heterocycles. The van der Waals surface area contributed by atoms with Crippen molar-refractivity contribution >= 4 is 29.9 Å². The van der Waals surface area contributed by atoms with E-state index in [1.54, 1.807) is 0 Å². The van der Waals surface area contributed by atoms with Gasteiger partial charge in [0.2, 0.25) is 0 Å². The third kappa shape index (κ3) is 6.61. The van der Waals surface area contributed by atoms with Crippen molar-refractivity contribution in [3.05, 3.63) is 29.8 Å². The van der Waals surface area contributed by atoms with E-state index in [0.717, 1.165) is 37.8 Å². The van der Waals surface area contributed by atoms with Crippen molar-refractivity contribution in [2.45, 2.75) is 58.7 Å². The third-order valence-electron chi connectivity index (χ3n) is 4.64. The minimum Gasteiger partial charge on any atom is -0.487 e. The molecule has 0 saturated heterocycles. The number of benzene rings is 1. The molecule has 0 aromatic heterocycles. The molecule has 0 saturated carbocycles. The Morgan fingerprint density at radius 3 is 2.69 bits per heavy atom. The Bertz CT molecular complexity index is 589. The summed E-state index contributed by atoms with van der Waals surface area (Å²) < 4.78 is 6.12. The quantitative estimate of drug-likeness (QED) is 0.374. The molecule has 1 aromatic rings. The van der Waals surface area contributed by atoms with E-state index in [1.807, 2.05) is 12.1 Å². The maximum absolute atomic E-state index is 6.12. The molecule has 0 radical (unpaired) electrons. The molecule has 1 aromatic carbocycles. The summed E-state index contributed by atoms with van der Waals surface area (Å²) in [4.78, 5) is 7.07. The number of guanidine groups is 1. The van der Waals surface area contributed by atoms with Gasteiger partial charge in [-0.1, -0.05) is 18.2 Å². The average Bonchev–Trinajstić information content (AvgIpc) is 2.53. The third-order valence-corrected chi connectivity index (χ3v) is 4.64. The first-order valence-corrected chi connectivity index (χ1v) is 9.35. The molecule has 5 nitrogen and oxygen atoms in total. The van der Waals surface area contributed by atoms with Crippen LogP contribution in [-0.2, 0) is 0 Å². The van der Waals surface area contributed by atoms with Gasteiger partial charge in [-0.15, -0.1) is 24.0 Å². The van der Waals surface area contributed by atoms with Gasteiger partial charge in [0.1, 0.15) is 11.4 Å². The molecule has 1 atom stereocenters. The van der Waals surface area contributed by atoms with E-state index in [4.69, 9.17) is 9.73 Å². The van der Waals surface area contributed by atoms with Gasteiger partial charge >= 0.3 is 0 Å². The summed E-state index contributed by atoms with van der Waals surface area (Å²) in [6, 6.07) is 9.01. The van der Waals surface area contributed by atoms with E-state index in [0.29, 0.717) is 6.04 Å². The number of ether oxygens (including phenoxy) is 1. The number of aliphatic imine (C=N–C) groups is 1. The number of para-hydroxylation sites is 1. The lowest BCUT2D eigenvalue weighted by atomic mass is 9.90. The minimum atomic E-state index is -0.193. The molecule has 1 heterocycles. The molecule has 0 amide bonds. The van der Waals surface area contributed by atoms with Crippen molar-refractivity contribution < 1.29 is 4.74 Å². The van der Waals surface area contributed by atoms with Crippen molar-refractivity contribution in [2.75, 3.05) is 26.7 Å². The van der Waals surface area contributed by atoms with Crippen molar-refractivity contribution in [3.8, 4) is 5.75 Å². The van der Waals surface area contributed by atoms with Crippen LogP contribution >= 0.6 is 24.0 Å². The molecule has 6 heteroatoms. The zero-order chi connectivity index (χ0) is 18.4. The number of halogens is 1. The lowest BCUT2D eigenvalue weighted by molar-refractivity contribution is 0.0694. The first-order chi connectivity index (χ1) is 11.8. The molecule has 1 aliphatic rings. The van der Waals surface area contributed by atoms with Crippen LogP contribution in [0.3, 0.4) is 0 Å². The lowest BCUT2D eigenvalue weighted by Gasteiger charge is -2.38. The van der Waals surface area contributed by atoms with Gasteiger partial charge in [-0.2, -0.15) is 0 Å². The monoisotopic (exact) mass is 474 g/mol.